The summed E-state index contributed by atoms with van der Waals surface area (Å²) in [4.78, 5) is 12.3. The number of methoxy groups -OCH3 is 1. The highest BCUT2D eigenvalue weighted by Crippen LogP contribution is 2.32. The molecule has 0 atom stereocenters. The van der Waals surface area contributed by atoms with Crippen molar-refractivity contribution < 1.29 is 9.53 Å². The molecule has 0 radical (unpaired) electrons. The van der Waals surface area contributed by atoms with Crippen molar-refractivity contribution in [1.82, 2.24) is 20.1 Å². The molecule has 1 fully saturated rings. The van der Waals surface area contributed by atoms with Gasteiger partial charge in [-0.2, -0.15) is 0 Å². The minimum absolute atomic E-state index is 0.0169. The average Bonchev–Trinajstić information content (AvgIpc) is 3.06. The van der Waals surface area contributed by atoms with Crippen LogP contribution < -0.4 is 10.1 Å². The molecule has 2 aromatic rings. The molecule has 1 saturated carbocycles. The molecule has 1 aromatic carbocycles. The van der Waals surface area contributed by atoms with Crippen LogP contribution in [0.4, 0.5) is 0 Å². The van der Waals surface area contributed by atoms with E-state index in [-0.39, 0.29) is 5.91 Å². The van der Waals surface area contributed by atoms with Crippen LogP contribution in [0.5, 0.6) is 5.75 Å². The van der Waals surface area contributed by atoms with Gasteiger partial charge in [0.1, 0.15) is 11.6 Å². The quantitative estimate of drug-likeness (QED) is 0.751. The van der Waals surface area contributed by atoms with E-state index in [2.05, 4.69) is 20.1 Å². The Morgan fingerprint density at radius 1 is 1.27 bits per heavy atom. The standard InChI is InChI=1S/C19H26N4O2S/c1-14-21-22-19(23(14)16-9-4-3-5-10-16)26-13-18(24)20-12-15-8-6-7-11-17(15)25-2/h6-8,11,16H,3-5,9-10,12-13H2,1-2H3,(H,20,24). The number of amides is 1. The lowest BCUT2D eigenvalue weighted by Crippen LogP contribution is -2.25. The first-order valence-electron chi connectivity index (χ1n) is 9.12. The fraction of sp³-hybridized carbons (Fsp3) is 0.526. The molecule has 1 heterocycles. The van der Waals surface area contributed by atoms with E-state index in [1.165, 1.54) is 43.9 Å². The second-order valence-corrected chi connectivity index (χ2v) is 7.51. The molecule has 0 aliphatic heterocycles. The van der Waals surface area contributed by atoms with Crippen molar-refractivity contribution in [1.29, 1.82) is 0 Å². The van der Waals surface area contributed by atoms with Gasteiger partial charge in [0, 0.05) is 18.2 Å². The highest BCUT2D eigenvalue weighted by molar-refractivity contribution is 7.99. The van der Waals surface area contributed by atoms with E-state index in [1.54, 1.807) is 7.11 Å². The SMILES string of the molecule is COc1ccccc1CNC(=O)CSc1nnc(C)n1C1CCCCC1. The number of thioether (sulfide) groups is 1. The van der Waals surface area contributed by atoms with Gasteiger partial charge >= 0.3 is 0 Å². The molecule has 0 unspecified atom stereocenters. The lowest BCUT2D eigenvalue weighted by atomic mass is 9.95. The number of carbonyl (C=O) groups is 1. The predicted octanol–water partition coefficient (Wildman–Crippen LogP) is 3.51. The molecule has 26 heavy (non-hydrogen) atoms. The molecule has 0 saturated heterocycles. The number of aromatic nitrogens is 3. The molecule has 0 bridgehead atoms. The van der Waals surface area contributed by atoms with Crippen LogP contribution >= 0.6 is 11.8 Å². The van der Waals surface area contributed by atoms with Gasteiger partial charge in [-0.1, -0.05) is 49.2 Å². The number of aryl methyl sites for hydroxylation is 1. The number of nitrogens with zero attached hydrogens (tertiary/aromatic N) is 3. The molecule has 1 aliphatic rings. The Kier molecular flexibility index (Phi) is 6.55. The Balaban J connectivity index is 1.55. The van der Waals surface area contributed by atoms with Crippen molar-refractivity contribution in [2.75, 3.05) is 12.9 Å². The Morgan fingerprint density at radius 3 is 2.81 bits per heavy atom. The molecular formula is C19H26N4O2S. The van der Waals surface area contributed by atoms with E-state index in [1.807, 2.05) is 31.2 Å². The molecule has 140 valence electrons. The first-order chi connectivity index (χ1) is 12.7. The number of para-hydroxylation sites is 1. The summed E-state index contributed by atoms with van der Waals surface area (Å²) in [5.41, 5.74) is 0.967. The van der Waals surface area contributed by atoms with Crippen molar-refractivity contribution in [3.8, 4) is 5.75 Å². The molecule has 1 aromatic heterocycles. The number of hydrogen-bond donors (Lipinski definition) is 1. The van der Waals surface area contributed by atoms with E-state index in [4.69, 9.17) is 4.74 Å². The summed E-state index contributed by atoms with van der Waals surface area (Å²) in [5, 5.41) is 12.3. The van der Waals surface area contributed by atoms with Gasteiger partial charge in [0.25, 0.3) is 0 Å². The third-order valence-electron chi connectivity index (χ3n) is 4.78. The van der Waals surface area contributed by atoms with Crippen molar-refractivity contribution in [3.63, 3.8) is 0 Å². The van der Waals surface area contributed by atoms with Crippen LogP contribution in [0, 0.1) is 6.92 Å². The zero-order chi connectivity index (χ0) is 18.4. The Bertz CT molecular complexity index is 741. The summed E-state index contributed by atoms with van der Waals surface area (Å²) in [6.45, 7) is 2.45. The molecule has 3 rings (SSSR count). The molecule has 6 nitrogen and oxygen atoms in total. The van der Waals surface area contributed by atoms with E-state index >= 15 is 0 Å². The number of rotatable bonds is 7. The molecule has 1 aliphatic carbocycles. The lowest BCUT2D eigenvalue weighted by Gasteiger charge is -2.24. The van der Waals surface area contributed by atoms with Crippen molar-refractivity contribution in [2.45, 2.75) is 56.8 Å². The Hall–Kier alpha value is -2.02. The zero-order valence-corrected chi connectivity index (χ0v) is 16.2. The molecular weight excluding hydrogens is 348 g/mol. The largest absolute Gasteiger partial charge is 0.496 e. The minimum atomic E-state index is -0.0169. The summed E-state index contributed by atoms with van der Waals surface area (Å²) in [5.74, 6) is 2.04. The number of hydrogen-bond acceptors (Lipinski definition) is 5. The topological polar surface area (TPSA) is 69.0 Å². The number of carbonyl (C=O) groups excluding carboxylic acids is 1. The predicted molar refractivity (Wildman–Crippen MR) is 102 cm³/mol. The lowest BCUT2D eigenvalue weighted by molar-refractivity contribution is -0.118. The molecule has 1 N–H and O–H groups in total. The fourth-order valence-electron chi connectivity index (χ4n) is 3.43. The Morgan fingerprint density at radius 2 is 2.04 bits per heavy atom. The summed E-state index contributed by atoms with van der Waals surface area (Å²) < 4.78 is 7.53. The summed E-state index contributed by atoms with van der Waals surface area (Å²) in [6, 6.07) is 8.17. The van der Waals surface area contributed by atoms with Gasteiger partial charge in [-0.05, 0) is 25.8 Å². The summed E-state index contributed by atoms with van der Waals surface area (Å²) >= 11 is 1.46. The average molecular weight is 375 g/mol. The van der Waals surface area contributed by atoms with Crippen LogP contribution in [0.3, 0.4) is 0 Å². The highest BCUT2D eigenvalue weighted by atomic mass is 32.2. The van der Waals surface area contributed by atoms with Gasteiger partial charge in [-0.3, -0.25) is 4.79 Å². The Labute approximate surface area is 158 Å². The van der Waals surface area contributed by atoms with Crippen molar-refractivity contribution in [2.24, 2.45) is 0 Å². The maximum absolute atomic E-state index is 12.3. The second-order valence-electron chi connectivity index (χ2n) is 6.57. The fourth-order valence-corrected chi connectivity index (χ4v) is 4.31. The van der Waals surface area contributed by atoms with Crippen LogP contribution in [-0.2, 0) is 11.3 Å². The van der Waals surface area contributed by atoms with Crippen molar-refractivity contribution in [3.05, 3.63) is 35.7 Å². The first-order valence-corrected chi connectivity index (χ1v) is 10.1. The van der Waals surface area contributed by atoms with E-state index < -0.39 is 0 Å². The second kappa shape index (κ2) is 9.07. The molecule has 1 amide bonds. The smallest absolute Gasteiger partial charge is 0.230 e. The zero-order valence-electron chi connectivity index (χ0n) is 15.4. The third-order valence-corrected chi connectivity index (χ3v) is 5.72. The van der Waals surface area contributed by atoms with E-state index in [0.717, 1.165) is 22.3 Å². The normalized spacial score (nSPS) is 15.0. The van der Waals surface area contributed by atoms with Crippen LogP contribution in [0.1, 0.15) is 49.5 Å². The van der Waals surface area contributed by atoms with Gasteiger partial charge in [0.2, 0.25) is 5.91 Å². The third kappa shape index (κ3) is 4.58. The highest BCUT2D eigenvalue weighted by Gasteiger charge is 2.21. The summed E-state index contributed by atoms with van der Waals surface area (Å²) in [6.07, 6.45) is 6.17. The van der Waals surface area contributed by atoms with Crippen LogP contribution in [0.25, 0.3) is 0 Å². The maximum Gasteiger partial charge on any atom is 0.230 e. The van der Waals surface area contributed by atoms with E-state index in [0.29, 0.717) is 18.3 Å². The molecule has 7 heteroatoms. The number of ether oxygens (including phenoxy) is 1. The van der Waals surface area contributed by atoms with Crippen molar-refractivity contribution >= 4 is 17.7 Å². The van der Waals surface area contributed by atoms with Crippen LogP contribution in [0.15, 0.2) is 29.4 Å². The van der Waals surface area contributed by atoms with Crippen LogP contribution in [0.2, 0.25) is 0 Å². The minimum Gasteiger partial charge on any atom is -0.496 e. The number of nitrogens with one attached hydrogen (secondary N) is 1. The summed E-state index contributed by atoms with van der Waals surface area (Å²) in [7, 11) is 1.64. The monoisotopic (exact) mass is 374 g/mol. The molecule has 0 spiro atoms. The van der Waals surface area contributed by atoms with E-state index in [9.17, 15) is 4.79 Å². The van der Waals surface area contributed by atoms with Gasteiger partial charge < -0.3 is 14.6 Å². The van der Waals surface area contributed by atoms with Crippen LogP contribution in [-0.4, -0.2) is 33.5 Å². The van der Waals surface area contributed by atoms with Gasteiger partial charge in [-0.25, -0.2) is 0 Å². The van der Waals surface area contributed by atoms with Gasteiger partial charge in [0.05, 0.1) is 12.9 Å². The number of benzene rings is 1. The maximum atomic E-state index is 12.3. The van der Waals surface area contributed by atoms with Gasteiger partial charge in [0.15, 0.2) is 5.16 Å². The van der Waals surface area contributed by atoms with Gasteiger partial charge in [-0.15, -0.1) is 10.2 Å². The first kappa shape index (κ1) is 18.8.